The van der Waals surface area contributed by atoms with Crippen molar-refractivity contribution in [2.24, 2.45) is 0 Å². The first kappa shape index (κ1) is 14.8. The number of rotatable bonds is 9. The molecular formula is C17H24N2O. The van der Waals surface area contributed by atoms with Crippen LogP contribution in [-0.4, -0.2) is 24.7 Å². The summed E-state index contributed by atoms with van der Waals surface area (Å²) in [7, 11) is 0. The molecule has 1 heterocycles. The fraction of sp³-hybridized carbons (Fsp3) is 0.471. The fourth-order valence-corrected chi connectivity index (χ4v) is 2.15. The van der Waals surface area contributed by atoms with Crippen LogP contribution in [0.4, 0.5) is 0 Å². The summed E-state index contributed by atoms with van der Waals surface area (Å²) < 4.78 is 5.76. The summed E-state index contributed by atoms with van der Waals surface area (Å²) >= 11 is 0. The Morgan fingerprint density at radius 1 is 1.10 bits per heavy atom. The van der Waals surface area contributed by atoms with E-state index in [0.717, 1.165) is 42.8 Å². The van der Waals surface area contributed by atoms with Gasteiger partial charge < -0.3 is 10.1 Å². The average Bonchev–Trinajstić information content (AvgIpc) is 2.50. The number of fused-ring (bicyclic) bond motifs is 1. The first-order valence-corrected chi connectivity index (χ1v) is 7.58. The van der Waals surface area contributed by atoms with E-state index >= 15 is 0 Å². The summed E-state index contributed by atoms with van der Waals surface area (Å²) in [5, 5.41) is 4.55. The van der Waals surface area contributed by atoms with Crippen molar-refractivity contribution in [3.8, 4) is 5.75 Å². The van der Waals surface area contributed by atoms with Crippen LogP contribution < -0.4 is 10.1 Å². The van der Waals surface area contributed by atoms with Gasteiger partial charge in [-0.2, -0.15) is 0 Å². The fourth-order valence-electron chi connectivity index (χ4n) is 2.15. The molecule has 108 valence electrons. The third kappa shape index (κ3) is 4.82. The van der Waals surface area contributed by atoms with Gasteiger partial charge in [0.1, 0.15) is 5.75 Å². The molecule has 3 heteroatoms. The number of hydrogen-bond donors (Lipinski definition) is 1. The Labute approximate surface area is 121 Å². The predicted molar refractivity (Wildman–Crippen MR) is 84.2 cm³/mol. The van der Waals surface area contributed by atoms with Gasteiger partial charge in [0, 0.05) is 5.39 Å². The zero-order valence-corrected chi connectivity index (χ0v) is 12.3. The molecule has 0 bridgehead atoms. The minimum absolute atomic E-state index is 0.772. The molecule has 0 saturated carbocycles. The lowest BCUT2D eigenvalue weighted by Gasteiger charge is -2.07. The van der Waals surface area contributed by atoms with Gasteiger partial charge in [-0.25, -0.2) is 0 Å². The van der Waals surface area contributed by atoms with Crippen molar-refractivity contribution in [2.45, 2.75) is 32.6 Å². The highest BCUT2D eigenvalue weighted by molar-refractivity contribution is 5.79. The van der Waals surface area contributed by atoms with Crippen LogP contribution in [0.5, 0.6) is 5.75 Å². The second kappa shape index (κ2) is 8.54. The normalized spacial score (nSPS) is 10.8. The maximum absolute atomic E-state index is 5.76. The van der Waals surface area contributed by atoms with Crippen LogP contribution in [0.1, 0.15) is 32.6 Å². The zero-order valence-electron chi connectivity index (χ0n) is 12.3. The lowest BCUT2D eigenvalue weighted by molar-refractivity contribution is 0.304. The summed E-state index contributed by atoms with van der Waals surface area (Å²) in [5.74, 6) is 0.868. The number of benzene rings is 1. The Morgan fingerprint density at radius 3 is 2.90 bits per heavy atom. The van der Waals surface area contributed by atoms with E-state index in [1.165, 1.54) is 19.3 Å². The van der Waals surface area contributed by atoms with E-state index in [-0.39, 0.29) is 0 Å². The number of hydrogen-bond acceptors (Lipinski definition) is 3. The first-order valence-electron chi connectivity index (χ1n) is 7.58. The molecule has 20 heavy (non-hydrogen) atoms. The molecule has 0 aliphatic carbocycles. The first-order chi connectivity index (χ1) is 9.90. The largest absolute Gasteiger partial charge is 0.492 e. The molecule has 3 nitrogen and oxygen atoms in total. The quantitative estimate of drug-likeness (QED) is 0.705. The third-order valence-electron chi connectivity index (χ3n) is 3.26. The molecule has 1 N–H and O–H groups in total. The minimum Gasteiger partial charge on any atom is -0.492 e. The Balaban J connectivity index is 1.65. The van der Waals surface area contributed by atoms with Crippen LogP contribution in [0.25, 0.3) is 10.9 Å². The van der Waals surface area contributed by atoms with Crippen LogP contribution in [0, 0.1) is 0 Å². The van der Waals surface area contributed by atoms with Gasteiger partial charge in [0.15, 0.2) is 0 Å². The molecule has 0 unspecified atom stereocenters. The summed E-state index contributed by atoms with van der Waals surface area (Å²) in [5.41, 5.74) is 1.02. The van der Waals surface area contributed by atoms with E-state index in [4.69, 9.17) is 4.74 Å². The lowest BCUT2D eigenvalue weighted by Crippen LogP contribution is -2.15. The van der Waals surface area contributed by atoms with Crippen molar-refractivity contribution in [3.05, 3.63) is 36.5 Å². The molecule has 0 radical (unpaired) electrons. The predicted octanol–water partition coefficient (Wildman–Crippen LogP) is 3.78. The van der Waals surface area contributed by atoms with Gasteiger partial charge in [-0.1, -0.05) is 25.1 Å². The van der Waals surface area contributed by atoms with Crippen LogP contribution in [0.3, 0.4) is 0 Å². The Kier molecular flexibility index (Phi) is 6.32. The topological polar surface area (TPSA) is 34.1 Å². The highest BCUT2D eigenvalue weighted by Gasteiger charge is 1.98. The van der Waals surface area contributed by atoms with Crippen molar-refractivity contribution in [2.75, 3.05) is 19.7 Å². The Hall–Kier alpha value is -1.61. The molecule has 1 aromatic carbocycles. The molecule has 0 aliphatic rings. The number of nitrogens with one attached hydrogen (secondary N) is 1. The van der Waals surface area contributed by atoms with E-state index in [1.807, 2.05) is 24.4 Å². The van der Waals surface area contributed by atoms with Crippen molar-refractivity contribution in [1.82, 2.24) is 10.3 Å². The lowest BCUT2D eigenvalue weighted by atomic mass is 10.2. The average molecular weight is 272 g/mol. The molecule has 0 fully saturated rings. The van der Waals surface area contributed by atoms with Gasteiger partial charge in [-0.3, -0.25) is 4.98 Å². The van der Waals surface area contributed by atoms with Gasteiger partial charge in [0.25, 0.3) is 0 Å². The van der Waals surface area contributed by atoms with Crippen LogP contribution in [0.2, 0.25) is 0 Å². The maximum atomic E-state index is 5.76. The number of pyridine rings is 1. The number of para-hydroxylation sites is 1. The third-order valence-corrected chi connectivity index (χ3v) is 3.26. The molecule has 1 aromatic heterocycles. The van der Waals surface area contributed by atoms with Crippen LogP contribution >= 0.6 is 0 Å². The molecule has 0 aliphatic heterocycles. The second-order valence-electron chi connectivity index (χ2n) is 5.02. The van der Waals surface area contributed by atoms with Crippen molar-refractivity contribution in [3.63, 3.8) is 0 Å². The minimum atomic E-state index is 0.772. The highest BCUT2D eigenvalue weighted by Crippen LogP contribution is 2.18. The molecule has 0 saturated heterocycles. The van der Waals surface area contributed by atoms with Gasteiger partial charge in [0.05, 0.1) is 18.3 Å². The van der Waals surface area contributed by atoms with Crippen LogP contribution in [0.15, 0.2) is 36.5 Å². The van der Waals surface area contributed by atoms with Gasteiger partial charge >= 0.3 is 0 Å². The van der Waals surface area contributed by atoms with E-state index in [1.54, 1.807) is 0 Å². The number of nitrogens with zero attached hydrogens (tertiary/aromatic N) is 1. The van der Waals surface area contributed by atoms with E-state index in [2.05, 4.69) is 29.4 Å². The smallest absolute Gasteiger partial charge is 0.138 e. The molecule has 0 amide bonds. The Morgan fingerprint density at radius 2 is 2.00 bits per heavy atom. The Bertz CT molecular complexity index is 513. The summed E-state index contributed by atoms with van der Waals surface area (Å²) in [6, 6.07) is 10.2. The second-order valence-corrected chi connectivity index (χ2v) is 5.02. The zero-order chi connectivity index (χ0) is 14.0. The number of aromatic nitrogens is 1. The molecule has 0 atom stereocenters. The molecular weight excluding hydrogens is 248 g/mol. The van der Waals surface area contributed by atoms with E-state index in [0.29, 0.717) is 0 Å². The van der Waals surface area contributed by atoms with Gasteiger partial charge in [0.2, 0.25) is 0 Å². The molecule has 0 spiro atoms. The highest BCUT2D eigenvalue weighted by atomic mass is 16.5. The maximum Gasteiger partial charge on any atom is 0.138 e. The standard InChI is InChI=1S/C17H24N2O/c1-2-10-18-11-6-3-7-12-20-16-13-15-8-4-5-9-17(15)19-14-16/h4-5,8-9,13-14,18H,2-3,6-7,10-12H2,1H3. The number of unbranched alkanes of at least 4 members (excludes halogenated alkanes) is 2. The molecule has 2 rings (SSSR count). The van der Waals surface area contributed by atoms with Gasteiger partial charge in [-0.15, -0.1) is 0 Å². The van der Waals surface area contributed by atoms with Crippen LogP contribution in [-0.2, 0) is 0 Å². The SMILES string of the molecule is CCCNCCCCCOc1cnc2ccccc2c1. The van der Waals surface area contributed by atoms with E-state index < -0.39 is 0 Å². The number of ether oxygens (including phenoxy) is 1. The monoisotopic (exact) mass is 272 g/mol. The van der Waals surface area contributed by atoms with Gasteiger partial charge in [-0.05, 0) is 50.9 Å². The summed E-state index contributed by atoms with van der Waals surface area (Å²) in [6.45, 7) is 5.21. The molecule has 2 aromatic rings. The summed E-state index contributed by atoms with van der Waals surface area (Å²) in [4.78, 5) is 4.39. The van der Waals surface area contributed by atoms with Crippen molar-refractivity contribution < 1.29 is 4.74 Å². The summed E-state index contributed by atoms with van der Waals surface area (Å²) in [6.07, 6.45) is 6.54. The van der Waals surface area contributed by atoms with Crippen molar-refractivity contribution >= 4 is 10.9 Å². The van der Waals surface area contributed by atoms with E-state index in [9.17, 15) is 0 Å². The van der Waals surface area contributed by atoms with Crippen molar-refractivity contribution in [1.29, 1.82) is 0 Å².